The predicted octanol–water partition coefficient (Wildman–Crippen LogP) is 2.26. The minimum atomic E-state index is -0.230. The number of carbonyl (C=O) groups is 1. The van der Waals surface area contributed by atoms with Gasteiger partial charge < -0.3 is 10.2 Å². The van der Waals surface area contributed by atoms with Gasteiger partial charge in [0.25, 0.3) is 5.56 Å². The highest BCUT2D eigenvalue weighted by atomic mass is 32.1. The summed E-state index contributed by atoms with van der Waals surface area (Å²) in [5, 5.41) is 9.28. The maximum atomic E-state index is 12.7. The average Bonchev–Trinajstić information content (AvgIpc) is 3.24. The molecule has 1 amide bonds. The first-order valence-corrected chi connectivity index (χ1v) is 10.9. The van der Waals surface area contributed by atoms with Gasteiger partial charge in [-0.3, -0.25) is 14.0 Å². The molecule has 1 N–H and O–H groups in total. The van der Waals surface area contributed by atoms with E-state index in [1.165, 1.54) is 17.5 Å². The second-order valence-corrected chi connectivity index (χ2v) is 8.74. The average molecular weight is 402 g/mol. The fourth-order valence-electron chi connectivity index (χ4n) is 4.15. The number of aromatic nitrogens is 3. The Kier molecular flexibility index (Phi) is 5.50. The Bertz CT molecular complexity index is 1050. The summed E-state index contributed by atoms with van der Waals surface area (Å²) >= 11 is 1.60. The van der Waals surface area contributed by atoms with Gasteiger partial charge in [-0.1, -0.05) is 6.92 Å². The number of nitrogens with one attached hydrogen (secondary N) is 1. The van der Waals surface area contributed by atoms with Crippen molar-refractivity contribution < 1.29 is 4.79 Å². The molecular weight excluding hydrogens is 374 g/mol. The number of amides is 1. The van der Waals surface area contributed by atoms with Crippen LogP contribution in [0.3, 0.4) is 0 Å². The van der Waals surface area contributed by atoms with Crippen LogP contribution in [0.5, 0.6) is 0 Å². The highest BCUT2D eigenvalue weighted by Gasteiger charge is 2.16. The maximum absolute atomic E-state index is 12.7. The van der Waals surface area contributed by atoms with Crippen LogP contribution in [-0.4, -0.2) is 51.2 Å². The van der Waals surface area contributed by atoms with Crippen LogP contribution in [-0.2, 0) is 11.3 Å². The molecule has 1 fully saturated rings. The lowest BCUT2D eigenvalue weighted by Gasteiger charge is -2.30. The summed E-state index contributed by atoms with van der Waals surface area (Å²) < 4.78 is 4.19. The van der Waals surface area contributed by atoms with Crippen molar-refractivity contribution in [2.75, 3.05) is 26.2 Å². The van der Waals surface area contributed by atoms with E-state index in [1.807, 2.05) is 28.8 Å². The Balaban J connectivity index is 1.36. The first-order chi connectivity index (χ1) is 13.5. The number of thiophene rings is 1. The van der Waals surface area contributed by atoms with Crippen molar-refractivity contribution in [2.24, 2.45) is 5.92 Å². The highest BCUT2D eigenvalue weighted by molar-refractivity contribution is 7.17. The van der Waals surface area contributed by atoms with Crippen LogP contribution in [0.25, 0.3) is 15.7 Å². The number of aryl methyl sites for hydroxylation is 1. The van der Waals surface area contributed by atoms with Crippen molar-refractivity contribution in [3.05, 3.63) is 33.7 Å². The molecule has 0 radical (unpaired) electrons. The van der Waals surface area contributed by atoms with E-state index in [0.717, 1.165) is 42.2 Å². The highest BCUT2D eigenvalue weighted by Crippen LogP contribution is 2.24. The van der Waals surface area contributed by atoms with Crippen molar-refractivity contribution >= 4 is 33.0 Å². The summed E-state index contributed by atoms with van der Waals surface area (Å²) in [5.74, 6) is 1.30. The zero-order valence-corrected chi connectivity index (χ0v) is 17.3. The molecule has 150 valence electrons. The lowest BCUT2D eigenvalue weighted by atomic mass is 10.0. The quantitative estimate of drug-likeness (QED) is 0.643. The van der Waals surface area contributed by atoms with Crippen molar-refractivity contribution in [3.8, 4) is 0 Å². The van der Waals surface area contributed by atoms with Gasteiger partial charge >= 0.3 is 0 Å². The maximum Gasteiger partial charge on any atom is 0.291 e. The molecule has 7 nitrogen and oxygen atoms in total. The Labute approximate surface area is 167 Å². The molecule has 4 rings (SSSR count). The molecule has 1 aliphatic rings. The number of nitrogens with zero attached hydrogens (tertiary/aromatic N) is 4. The van der Waals surface area contributed by atoms with Crippen LogP contribution in [0, 0.1) is 12.8 Å². The van der Waals surface area contributed by atoms with Crippen LogP contribution in [0.15, 0.2) is 22.3 Å². The molecule has 3 aromatic heterocycles. The summed E-state index contributed by atoms with van der Waals surface area (Å²) in [6.45, 7) is 8.06. The molecule has 3 aromatic rings. The Morgan fingerprint density at radius 2 is 2.25 bits per heavy atom. The number of rotatable bonds is 6. The van der Waals surface area contributed by atoms with Gasteiger partial charge in [0.2, 0.25) is 5.91 Å². The standard InChI is InChI=1S/C20H27N5O2S/c1-14-5-3-8-23(12-14)9-4-7-21-19(26)13-24-20(27)17-11-18-16(6-10-28-18)25(17)15(2)22-24/h6,10-11,14H,3-5,7-9,12-13H2,1-2H3,(H,21,26)/t14-/m1/s1. The fraction of sp³-hybridized carbons (Fsp3) is 0.550. The second-order valence-electron chi connectivity index (χ2n) is 7.80. The molecule has 28 heavy (non-hydrogen) atoms. The Morgan fingerprint density at radius 1 is 1.39 bits per heavy atom. The Hall–Kier alpha value is -2.19. The zero-order valence-electron chi connectivity index (χ0n) is 16.5. The van der Waals surface area contributed by atoms with Gasteiger partial charge in [0.05, 0.1) is 10.2 Å². The predicted molar refractivity (Wildman–Crippen MR) is 112 cm³/mol. The molecular formula is C20H27N5O2S. The topological polar surface area (TPSA) is 71.6 Å². The smallest absolute Gasteiger partial charge is 0.291 e. The molecule has 0 aliphatic carbocycles. The molecule has 0 aromatic carbocycles. The van der Waals surface area contributed by atoms with E-state index in [9.17, 15) is 9.59 Å². The van der Waals surface area contributed by atoms with E-state index in [4.69, 9.17) is 0 Å². The van der Waals surface area contributed by atoms with E-state index in [0.29, 0.717) is 17.9 Å². The lowest BCUT2D eigenvalue weighted by molar-refractivity contribution is -0.121. The van der Waals surface area contributed by atoms with Crippen molar-refractivity contribution in [2.45, 2.75) is 39.7 Å². The van der Waals surface area contributed by atoms with Gasteiger partial charge in [0.1, 0.15) is 17.9 Å². The SMILES string of the molecule is Cc1nn(CC(=O)NCCCN2CCC[C@@H](C)C2)c(=O)c2cc3sccc3n12. The van der Waals surface area contributed by atoms with E-state index < -0.39 is 0 Å². The van der Waals surface area contributed by atoms with Gasteiger partial charge in [-0.25, -0.2) is 4.68 Å². The molecule has 1 atom stereocenters. The molecule has 0 bridgehead atoms. The van der Waals surface area contributed by atoms with Crippen molar-refractivity contribution in [1.29, 1.82) is 0 Å². The van der Waals surface area contributed by atoms with E-state index in [-0.39, 0.29) is 18.0 Å². The largest absolute Gasteiger partial charge is 0.354 e. The minimum Gasteiger partial charge on any atom is -0.354 e. The summed E-state index contributed by atoms with van der Waals surface area (Å²) in [4.78, 5) is 27.5. The van der Waals surface area contributed by atoms with Crippen LogP contribution < -0.4 is 10.9 Å². The molecule has 0 unspecified atom stereocenters. The van der Waals surface area contributed by atoms with Crippen LogP contribution in [0.2, 0.25) is 0 Å². The molecule has 1 saturated heterocycles. The summed E-state index contributed by atoms with van der Waals surface area (Å²) in [6.07, 6.45) is 3.51. The lowest BCUT2D eigenvalue weighted by Crippen LogP contribution is -2.38. The molecule has 1 aliphatic heterocycles. The van der Waals surface area contributed by atoms with Gasteiger partial charge in [-0.2, -0.15) is 5.10 Å². The van der Waals surface area contributed by atoms with Crippen LogP contribution >= 0.6 is 11.3 Å². The Morgan fingerprint density at radius 3 is 3.07 bits per heavy atom. The number of likely N-dealkylation sites (tertiary alicyclic amines) is 1. The summed E-state index contributed by atoms with van der Waals surface area (Å²) in [6, 6.07) is 3.87. The first-order valence-electron chi connectivity index (χ1n) is 9.98. The number of hydrogen-bond donors (Lipinski definition) is 1. The van der Waals surface area contributed by atoms with E-state index in [2.05, 4.69) is 22.2 Å². The first kappa shape index (κ1) is 19.1. The summed E-state index contributed by atoms with van der Waals surface area (Å²) in [5.41, 5.74) is 1.33. The second kappa shape index (κ2) is 8.05. The van der Waals surface area contributed by atoms with Crippen molar-refractivity contribution in [3.63, 3.8) is 0 Å². The fourth-order valence-corrected chi connectivity index (χ4v) is 4.95. The number of fused-ring (bicyclic) bond motifs is 3. The molecule has 4 heterocycles. The monoisotopic (exact) mass is 401 g/mol. The number of piperidine rings is 1. The normalized spacial score (nSPS) is 18.1. The van der Waals surface area contributed by atoms with Gasteiger partial charge in [-0.05, 0) is 62.7 Å². The van der Waals surface area contributed by atoms with Gasteiger partial charge in [0.15, 0.2) is 0 Å². The molecule has 0 spiro atoms. The third-order valence-corrected chi connectivity index (χ3v) is 6.33. The van der Waals surface area contributed by atoms with Crippen LogP contribution in [0.1, 0.15) is 32.0 Å². The zero-order chi connectivity index (χ0) is 19.7. The molecule has 8 heteroatoms. The third-order valence-electron chi connectivity index (χ3n) is 5.47. The van der Waals surface area contributed by atoms with Gasteiger partial charge in [0, 0.05) is 13.1 Å². The van der Waals surface area contributed by atoms with E-state index in [1.54, 1.807) is 11.3 Å². The molecule has 0 saturated carbocycles. The van der Waals surface area contributed by atoms with Crippen LogP contribution in [0.4, 0.5) is 0 Å². The van der Waals surface area contributed by atoms with E-state index >= 15 is 0 Å². The number of hydrogen-bond acceptors (Lipinski definition) is 5. The number of carbonyl (C=O) groups excluding carboxylic acids is 1. The minimum absolute atomic E-state index is 0.0459. The van der Waals surface area contributed by atoms with Crippen molar-refractivity contribution in [1.82, 2.24) is 24.4 Å². The third kappa shape index (κ3) is 3.84. The summed E-state index contributed by atoms with van der Waals surface area (Å²) in [7, 11) is 0. The van der Waals surface area contributed by atoms with Gasteiger partial charge in [-0.15, -0.1) is 11.3 Å².